The lowest BCUT2D eigenvalue weighted by atomic mass is 9.95. The van der Waals surface area contributed by atoms with Crippen molar-refractivity contribution in [2.45, 2.75) is 65.2 Å². The van der Waals surface area contributed by atoms with Crippen LogP contribution in [-0.2, 0) is 9.53 Å². The van der Waals surface area contributed by atoms with Crippen molar-refractivity contribution in [2.24, 2.45) is 11.7 Å². The molecule has 1 rings (SSSR count). The average Bonchev–Trinajstić information content (AvgIpc) is 2.21. The highest BCUT2D eigenvalue weighted by Crippen LogP contribution is 2.28. The van der Waals surface area contributed by atoms with E-state index in [4.69, 9.17) is 10.5 Å². The Morgan fingerprint density at radius 1 is 1.28 bits per heavy atom. The number of morpholine rings is 1. The zero-order valence-electron chi connectivity index (χ0n) is 12.6. The Bertz CT molecular complexity index is 297. The van der Waals surface area contributed by atoms with Crippen LogP contribution in [0.4, 0.5) is 0 Å². The molecule has 0 saturated carbocycles. The maximum absolute atomic E-state index is 12.4. The van der Waals surface area contributed by atoms with Crippen LogP contribution in [0.15, 0.2) is 0 Å². The average molecular weight is 256 g/mol. The molecule has 1 heterocycles. The third-order valence-corrected chi connectivity index (χ3v) is 3.55. The highest BCUT2D eigenvalue weighted by Gasteiger charge is 2.41. The predicted molar refractivity (Wildman–Crippen MR) is 73.3 cm³/mol. The number of nitrogens with zero attached hydrogens (tertiary/aromatic N) is 1. The van der Waals surface area contributed by atoms with E-state index in [2.05, 4.69) is 6.92 Å². The maximum atomic E-state index is 12.4. The molecule has 1 amide bonds. The molecule has 1 aliphatic heterocycles. The second kappa shape index (κ2) is 5.17. The first kappa shape index (κ1) is 15.4. The van der Waals surface area contributed by atoms with E-state index in [1.165, 1.54) is 0 Å². The van der Waals surface area contributed by atoms with E-state index in [9.17, 15) is 4.79 Å². The Morgan fingerprint density at radius 3 is 2.11 bits per heavy atom. The van der Waals surface area contributed by atoms with E-state index in [0.717, 1.165) is 6.42 Å². The minimum Gasteiger partial charge on any atom is -0.366 e. The number of rotatable bonds is 3. The molecule has 0 aromatic heterocycles. The standard InChI is InChI=1S/C14H28N2O2/c1-7-10(2)11(15)12(17)16-8-13(3,4)18-14(5,6)9-16/h10-11H,7-9,15H2,1-6H3/t10?,11-/m0/s1. The molecule has 0 radical (unpaired) electrons. The summed E-state index contributed by atoms with van der Waals surface area (Å²) in [7, 11) is 0. The topological polar surface area (TPSA) is 55.6 Å². The summed E-state index contributed by atoms with van der Waals surface area (Å²) < 4.78 is 5.97. The number of carbonyl (C=O) groups is 1. The second-order valence-corrected chi connectivity index (χ2v) is 6.73. The van der Waals surface area contributed by atoms with Gasteiger partial charge >= 0.3 is 0 Å². The van der Waals surface area contributed by atoms with Gasteiger partial charge in [-0.25, -0.2) is 0 Å². The Morgan fingerprint density at radius 2 is 1.72 bits per heavy atom. The molecule has 18 heavy (non-hydrogen) atoms. The van der Waals surface area contributed by atoms with Crippen LogP contribution >= 0.6 is 0 Å². The van der Waals surface area contributed by atoms with Gasteiger partial charge in [-0.3, -0.25) is 4.79 Å². The molecular weight excluding hydrogens is 228 g/mol. The van der Waals surface area contributed by atoms with Gasteiger partial charge in [-0.05, 0) is 33.6 Å². The number of nitrogens with two attached hydrogens (primary N) is 1. The zero-order valence-corrected chi connectivity index (χ0v) is 12.6. The molecule has 1 unspecified atom stereocenters. The monoisotopic (exact) mass is 256 g/mol. The van der Waals surface area contributed by atoms with Crippen LogP contribution < -0.4 is 5.73 Å². The molecule has 0 aromatic carbocycles. The summed E-state index contributed by atoms with van der Waals surface area (Å²) in [5.74, 6) is 0.264. The minimum atomic E-state index is -0.403. The van der Waals surface area contributed by atoms with Gasteiger partial charge in [0.1, 0.15) is 0 Å². The summed E-state index contributed by atoms with van der Waals surface area (Å²) in [6, 6.07) is -0.403. The largest absolute Gasteiger partial charge is 0.366 e. The first-order chi connectivity index (χ1) is 8.08. The Kier molecular flexibility index (Phi) is 4.44. The van der Waals surface area contributed by atoms with Crippen LogP contribution in [0.5, 0.6) is 0 Å². The first-order valence-electron chi connectivity index (χ1n) is 6.82. The summed E-state index contributed by atoms with van der Waals surface area (Å²) in [5.41, 5.74) is 5.42. The summed E-state index contributed by atoms with van der Waals surface area (Å²) in [5, 5.41) is 0. The highest BCUT2D eigenvalue weighted by atomic mass is 16.5. The normalized spacial score (nSPS) is 25.6. The lowest BCUT2D eigenvalue weighted by Crippen LogP contribution is -2.61. The van der Waals surface area contributed by atoms with Crippen LogP contribution in [0.2, 0.25) is 0 Å². The van der Waals surface area contributed by atoms with E-state index in [1.54, 1.807) is 0 Å². The molecule has 2 N–H and O–H groups in total. The van der Waals surface area contributed by atoms with Gasteiger partial charge in [0.15, 0.2) is 0 Å². The van der Waals surface area contributed by atoms with Crippen LogP contribution in [0.1, 0.15) is 48.0 Å². The highest BCUT2D eigenvalue weighted by molar-refractivity contribution is 5.82. The lowest BCUT2D eigenvalue weighted by Gasteiger charge is -2.47. The number of amides is 1. The van der Waals surface area contributed by atoms with Gasteiger partial charge in [0.25, 0.3) is 0 Å². The van der Waals surface area contributed by atoms with E-state index in [-0.39, 0.29) is 23.0 Å². The van der Waals surface area contributed by atoms with Crippen LogP contribution in [0, 0.1) is 5.92 Å². The fourth-order valence-electron chi connectivity index (χ4n) is 2.65. The number of ether oxygens (including phenoxy) is 1. The third kappa shape index (κ3) is 3.69. The van der Waals surface area contributed by atoms with Crippen LogP contribution in [0.3, 0.4) is 0 Å². The van der Waals surface area contributed by atoms with E-state index in [0.29, 0.717) is 13.1 Å². The fourth-order valence-corrected chi connectivity index (χ4v) is 2.65. The molecule has 106 valence electrons. The molecular formula is C14H28N2O2. The summed E-state index contributed by atoms with van der Waals surface area (Å²) in [6.07, 6.45) is 0.921. The van der Waals surface area contributed by atoms with Crippen molar-refractivity contribution in [2.75, 3.05) is 13.1 Å². The van der Waals surface area contributed by atoms with Gasteiger partial charge in [-0.1, -0.05) is 20.3 Å². The van der Waals surface area contributed by atoms with Gasteiger partial charge in [0, 0.05) is 13.1 Å². The van der Waals surface area contributed by atoms with Crippen molar-refractivity contribution in [3.63, 3.8) is 0 Å². The Labute approximate surface area is 111 Å². The Balaban J connectivity index is 2.80. The van der Waals surface area contributed by atoms with Gasteiger partial charge < -0.3 is 15.4 Å². The van der Waals surface area contributed by atoms with Gasteiger partial charge in [0.05, 0.1) is 17.2 Å². The van der Waals surface area contributed by atoms with Crippen molar-refractivity contribution in [1.29, 1.82) is 0 Å². The predicted octanol–water partition coefficient (Wildman–Crippen LogP) is 1.78. The molecule has 1 fully saturated rings. The first-order valence-corrected chi connectivity index (χ1v) is 6.82. The number of carbonyl (C=O) groups excluding carboxylic acids is 1. The molecule has 0 aliphatic carbocycles. The molecule has 4 nitrogen and oxygen atoms in total. The van der Waals surface area contributed by atoms with E-state index >= 15 is 0 Å². The minimum absolute atomic E-state index is 0.0498. The molecule has 1 aliphatic rings. The fraction of sp³-hybridized carbons (Fsp3) is 0.929. The SMILES string of the molecule is CCC(C)[C@H](N)C(=O)N1CC(C)(C)OC(C)(C)C1. The maximum Gasteiger partial charge on any atom is 0.239 e. The summed E-state index contributed by atoms with van der Waals surface area (Å²) in [4.78, 5) is 14.3. The van der Waals surface area contributed by atoms with Crippen molar-refractivity contribution in [3.8, 4) is 0 Å². The smallest absolute Gasteiger partial charge is 0.239 e. The molecule has 4 heteroatoms. The third-order valence-electron chi connectivity index (χ3n) is 3.55. The van der Waals surface area contributed by atoms with E-state index < -0.39 is 6.04 Å². The number of hydrogen-bond donors (Lipinski definition) is 1. The van der Waals surface area contributed by atoms with Crippen LogP contribution in [0.25, 0.3) is 0 Å². The van der Waals surface area contributed by atoms with Gasteiger partial charge in [-0.2, -0.15) is 0 Å². The van der Waals surface area contributed by atoms with Crippen LogP contribution in [-0.4, -0.2) is 41.1 Å². The number of hydrogen-bond acceptors (Lipinski definition) is 3. The van der Waals surface area contributed by atoms with Crippen molar-refractivity contribution in [3.05, 3.63) is 0 Å². The summed E-state index contributed by atoms with van der Waals surface area (Å²) in [6.45, 7) is 13.4. The second-order valence-electron chi connectivity index (χ2n) is 6.73. The van der Waals surface area contributed by atoms with Gasteiger partial charge in [0.2, 0.25) is 5.91 Å². The molecule has 1 saturated heterocycles. The van der Waals surface area contributed by atoms with Crippen molar-refractivity contribution in [1.82, 2.24) is 4.90 Å². The lowest BCUT2D eigenvalue weighted by molar-refractivity contribution is -0.189. The molecule has 2 atom stereocenters. The van der Waals surface area contributed by atoms with Crippen molar-refractivity contribution < 1.29 is 9.53 Å². The quantitative estimate of drug-likeness (QED) is 0.837. The molecule has 0 aromatic rings. The van der Waals surface area contributed by atoms with E-state index in [1.807, 2.05) is 39.5 Å². The molecule has 0 spiro atoms. The van der Waals surface area contributed by atoms with Crippen molar-refractivity contribution >= 4 is 5.91 Å². The molecule has 0 bridgehead atoms. The Hall–Kier alpha value is -0.610. The van der Waals surface area contributed by atoms with Gasteiger partial charge in [-0.15, -0.1) is 0 Å². The zero-order chi connectivity index (χ0) is 14.1. The summed E-state index contributed by atoms with van der Waals surface area (Å²) >= 11 is 0.